The highest BCUT2D eigenvalue weighted by molar-refractivity contribution is 7.15. The summed E-state index contributed by atoms with van der Waals surface area (Å²) in [6.07, 6.45) is 1.83. The summed E-state index contributed by atoms with van der Waals surface area (Å²) in [5.74, 6) is 0.268. The normalized spacial score (nSPS) is 15.0. The Labute approximate surface area is 137 Å². The van der Waals surface area contributed by atoms with E-state index in [1.54, 1.807) is 11.3 Å². The van der Waals surface area contributed by atoms with Crippen LogP contribution in [-0.4, -0.2) is 15.8 Å². The topological polar surface area (TPSA) is 58.6 Å². The quantitative estimate of drug-likeness (QED) is 0.717. The number of nitrogens with zero attached hydrogens (tertiary/aromatic N) is 2. The van der Waals surface area contributed by atoms with Crippen molar-refractivity contribution in [2.75, 3.05) is 0 Å². The highest BCUT2D eigenvalue weighted by Gasteiger charge is 2.20. The van der Waals surface area contributed by atoms with Gasteiger partial charge in [-0.25, -0.2) is 4.98 Å². The second-order valence-corrected chi connectivity index (χ2v) is 6.68. The van der Waals surface area contributed by atoms with Crippen molar-refractivity contribution in [1.82, 2.24) is 4.98 Å². The molecular weight excluding hydrogens is 308 g/mol. The van der Waals surface area contributed by atoms with Crippen molar-refractivity contribution in [2.45, 2.75) is 13.8 Å². The molecule has 5 heteroatoms. The third-order valence-corrected chi connectivity index (χ3v) is 4.73. The van der Waals surface area contributed by atoms with Crippen molar-refractivity contribution >= 4 is 34.4 Å². The van der Waals surface area contributed by atoms with Gasteiger partial charge in [-0.15, -0.1) is 11.3 Å². The van der Waals surface area contributed by atoms with Crippen molar-refractivity contribution in [3.8, 4) is 16.7 Å². The van der Waals surface area contributed by atoms with E-state index < -0.39 is 0 Å². The van der Waals surface area contributed by atoms with Crippen LogP contribution in [0.3, 0.4) is 0 Å². The van der Waals surface area contributed by atoms with Gasteiger partial charge in [0.15, 0.2) is 0 Å². The maximum atomic E-state index is 10.1. The van der Waals surface area contributed by atoms with Crippen LogP contribution in [0.25, 0.3) is 22.4 Å². The Morgan fingerprint density at radius 3 is 2.74 bits per heavy atom. The standard InChI is InChI=1S/C18H14N2O2S/c1-10-7-8-16(23-10)17-20-15(18(21)22-17)9-13-11(2)19-14-6-4-3-5-12(13)14/h3-9,21H,1-2H3/b13-9-. The van der Waals surface area contributed by atoms with E-state index in [0.717, 1.165) is 27.4 Å². The summed E-state index contributed by atoms with van der Waals surface area (Å²) < 4.78 is 5.42. The number of para-hydroxylation sites is 1. The molecule has 114 valence electrons. The van der Waals surface area contributed by atoms with Crippen LogP contribution in [0.4, 0.5) is 5.69 Å². The monoisotopic (exact) mass is 322 g/mol. The largest absolute Gasteiger partial charge is 0.479 e. The molecule has 0 radical (unpaired) electrons. The van der Waals surface area contributed by atoms with E-state index in [1.165, 1.54) is 4.88 Å². The summed E-state index contributed by atoms with van der Waals surface area (Å²) in [4.78, 5) is 11.0. The predicted octanol–water partition coefficient (Wildman–Crippen LogP) is 5.06. The molecule has 0 spiro atoms. The summed E-state index contributed by atoms with van der Waals surface area (Å²) in [5.41, 5.74) is 4.27. The number of thiophene rings is 1. The highest BCUT2D eigenvalue weighted by atomic mass is 32.1. The zero-order valence-electron chi connectivity index (χ0n) is 12.7. The van der Waals surface area contributed by atoms with Crippen molar-refractivity contribution in [3.63, 3.8) is 0 Å². The minimum absolute atomic E-state index is 0.171. The summed E-state index contributed by atoms with van der Waals surface area (Å²) >= 11 is 1.58. The first-order valence-corrected chi connectivity index (χ1v) is 8.07. The number of fused-ring (bicyclic) bond motifs is 1. The van der Waals surface area contributed by atoms with E-state index in [9.17, 15) is 5.11 Å². The van der Waals surface area contributed by atoms with Crippen LogP contribution in [0.1, 0.15) is 23.1 Å². The Kier molecular flexibility index (Phi) is 3.16. The molecule has 0 fully saturated rings. The average molecular weight is 322 g/mol. The molecule has 0 saturated heterocycles. The number of oxazole rings is 1. The van der Waals surface area contributed by atoms with Crippen molar-refractivity contribution in [3.05, 3.63) is 52.5 Å². The van der Waals surface area contributed by atoms with Crippen LogP contribution in [0.2, 0.25) is 0 Å². The number of aromatic nitrogens is 1. The van der Waals surface area contributed by atoms with E-state index in [1.807, 2.05) is 56.3 Å². The Bertz CT molecular complexity index is 963. The van der Waals surface area contributed by atoms with Crippen LogP contribution < -0.4 is 0 Å². The molecule has 0 atom stereocenters. The molecule has 23 heavy (non-hydrogen) atoms. The fourth-order valence-electron chi connectivity index (χ4n) is 2.63. The molecule has 3 aromatic rings. The van der Waals surface area contributed by atoms with Crippen LogP contribution >= 0.6 is 11.3 Å². The van der Waals surface area contributed by atoms with E-state index in [-0.39, 0.29) is 5.95 Å². The van der Waals surface area contributed by atoms with E-state index in [2.05, 4.69) is 9.98 Å². The van der Waals surface area contributed by atoms with Gasteiger partial charge in [0, 0.05) is 21.7 Å². The van der Waals surface area contributed by atoms with Crippen molar-refractivity contribution in [2.24, 2.45) is 4.99 Å². The maximum Gasteiger partial charge on any atom is 0.310 e. The molecule has 1 aromatic carbocycles. The molecule has 3 heterocycles. The SMILES string of the molecule is CC1=Nc2ccccc2/C1=C\c1nc(-c2ccc(C)s2)oc1O. The molecular formula is C18H14N2O2S. The number of aromatic hydroxyl groups is 1. The number of hydrogen-bond donors (Lipinski definition) is 1. The number of aryl methyl sites for hydroxylation is 1. The third kappa shape index (κ3) is 2.39. The smallest absolute Gasteiger partial charge is 0.310 e. The lowest BCUT2D eigenvalue weighted by molar-refractivity contribution is 0.337. The van der Waals surface area contributed by atoms with Gasteiger partial charge in [0.2, 0.25) is 5.89 Å². The van der Waals surface area contributed by atoms with Crippen molar-refractivity contribution < 1.29 is 9.52 Å². The molecule has 1 aliphatic heterocycles. The van der Waals surface area contributed by atoms with Gasteiger partial charge in [-0.2, -0.15) is 0 Å². The van der Waals surface area contributed by atoms with Gasteiger partial charge in [0.05, 0.1) is 10.6 Å². The van der Waals surface area contributed by atoms with Gasteiger partial charge in [0.1, 0.15) is 5.69 Å². The molecule has 0 bridgehead atoms. The van der Waals surface area contributed by atoms with Gasteiger partial charge < -0.3 is 9.52 Å². The zero-order chi connectivity index (χ0) is 16.0. The van der Waals surface area contributed by atoms with Gasteiger partial charge in [0.25, 0.3) is 0 Å². The highest BCUT2D eigenvalue weighted by Crippen LogP contribution is 2.38. The van der Waals surface area contributed by atoms with Crippen LogP contribution in [0.15, 0.2) is 45.8 Å². The lowest BCUT2D eigenvalue weighted by Gasteiger charge is -1.99. The summed E-state index contributed by atoms with van der Waals surface area (Å²) in [7, 11) is 0. The number of hydrogen-bond acceptors (Lipinski definition) is 5. The van der Waals surface area contributed by atoms with Crippen molar-refractivity contribution in [1.29, 1.82) is 0 Å². The lowest BCUT2D eigenvalue weighted by atomic mass is 10.0. The first kappa shape index (κ1) is 14.0. The first-order chi connectivity index (χ1) is 11.1. The maximum absolute atomic E-state index is 10.1. The van der Waals surface area contributed by atoms with Crippen LogP contribution in [0, 0.1) is 6.92 Å². The number of benzene rings is 1. The molecule has 0 unspecified atom stereocenters. The van der Waals surface area contributed by atoms with E-state index >= 15 is 0 Å². The number of aliphatic imine (C=N–C) groups is 1. The fraction of sp³-hybridized carbons (Fsp3) is 0.111. The Balaban J connectivity index is 1.78. The van der Waals surface area contributed by atoms with E-state index in [0.29, 0.717) is 11.6 Å². The zero-order valence-corrected chi connectivity index (χ0v) is 13.5. The fourth-order valence-corrected chi connectivity index (χ4v) is 3.42. The van der Waals surface area contributed by atoms with Gasteiger partial charge in [-0.3, -0.25) is 4.99 Å². The Hall–Kier alpha value is -2.66. The number of allylic oxidation sites excluding steroid dienone is 1. The molecule has 0 aliphatic carbocycles. The molecule has 4 rings (SSSR count). The minimum Gasteiger partial charge on any atom is -0.479 e. The molecule has 1 aliphatic rings. The van der Waals surface area contributed by atoms with Crippen LogP contribution in [0.5, 0.6) is 5.95 Å². The molecule has 2 aromatic heterocycles. The van der Waals surface area contributed by atoms with Crippen LogP contribution in [-0.2, 0) is 0 Å². The summed E-state index contributed by atoms with van der Waals surface area (Å²) in [6, 6.07) is 11.9. The lowest BCUT2D eigenvalue weighted by Crippen LogP contribution is -1.90. The molecule has 0 saturated carbocycles. The first-order valence-electron chi connectivity index (χ1n) is 7.25. The van der Waals surface area contributed by atoms with E-state index in [4.69, 9.17) is 4.42 Å². The molecule has 1 N–H and O–H groups in total. The molecule has 4 nitrogen and oxygen atoms in total. The minimum atomic E-state index is -0.171. The summed E-state index contributed by atoms with van der Waals surface area (Å²) in [6.45, 7) is 3.97. The molecule has 0 amide bonds. The average Bonchev–Trinajstić information content (AvgIpc) is 3.19. The second kappa shape index (κ2) is 5.21. The number of rotatable bonds is 2. The van der Waals surface area contributed by atoms with Gasteiger partial charge in [-0.05, 0) is 38.1 Å². The van der Waals surface area contributed by atoms with Gasteiger partial charge >= 0.3 is 5.95 Å². The second-order valence-electron chi connectivity index (χ2n) is 5.39. The predicted molar refractivity (Wildman–Crippen MR) is 93.3 cm³/mol. The third-order valence-electron chi connectivity index (χ3n) is 3.74. The van der Waals surface area contributed by atoms with Gasteiger partial charge in [-0.1, -0.05) is 18.2 Å². The Morgan fingerprint density at radius 2 is 1.96 bits per heavy atom. The summed E-state index contributed by atoms with van der Waals surface area (Å²) in [5, 5.41) is 10.1. The Morgan fingerprint density at radius 1 is 1.13 bits per heavy atom.